The minimum atomic E-state index is -0.119. The second-order valence-corrected chi connectivity index (χ2v) is 4.77. The van der Waals surface area contributed by atoms with E-state index < -0.39 is 0 Å². The van der Waals surface area contributed by atoms with Gasteiger partial charge in [0.15, 0.2) is 0 Å². The average molecular weight is 208 g/mol. The van der Waals surface area contributed by atoms with E-state index in [0.29, 0.717) is 12.0 Å². The lowest BCUT2D eigenvalue weighted by Crippen LogP contribution is -2.39. The van der Waals surface area contributed by atoms with Gasteiger partial charge in [-0.15, -0.1) is 0 Å². The Morgan fingerprint density at radius 2 is 2.27 bits per heavy atom. The maximum Gasteiger partial charge on any atom is 0.234 e. The zero-order valence-corrected chi connectivity index (χ0v) is 9.62. The molecule has 1 aliphatic rings. The molecule has 0 radical (unpaired) electrons. The van der Waals surface area contributed by atoms with E-state index in [1.54, 1.807) is 0 Å². The first-order valence-electron chi connectivity index (χ1n) is 5.79. The minimum absolute atomic E-state index is 0.0111. The number of nitrogens with one attached hydrogen (secondary N) is 1. The molecule has 0 aliphatic heterocycles. The number of rotatable bonds is 3. The van der Waals surface area contributed by atoms with Crippen molar-refractivity contribution < 1.29 is 4.79 Å². The highest BCUT2D eigenvalue weighted by Crippen LogP contribution is 2.29. The molecule has 0 bridgehead atoms. The molecular formula is C12H20N2O. The van der Waals surface area contributed by atoms with E-state index in [1.165, 1.54) is 12.8 Å². The van der Waals surface area contributed by atoms with E-state index in [1.807, 2.05) is 6.07 Å². The second kappa shape index (κ2) is 5.75. The Labute approximate surface area is 91.9 Å². The van der Waals surface area contributed by atoms with Crippen LogP contribution in [0.15, 0.2) is 0 Å². The highest BCUT2D eigenvalue weighted by atomic mass is 16.1. The van der Waals surface area contributed by atoms with Gasteiger partial charge in [-0.1, -0.05) is 26.7 Å². The van der Waals surface area contributed by atoms with Crippen LogP contribution >= 0.6 is 0 Å². The Morgan fingerprint density at radius 1 is 1.53 bits per heavy atom. The topological polar surface area (TPSA) is 52.9 Å². The van der Waals surface area contributed by atoms with Crippen molar-refractivity contribution in [1.82, 2.24) is 5.32 Å². The van der Waals surface area contributed by atoms with Crippen LogP contribution < -0.4 is 5.32 Å². The van der Waals surface area contributed by atoms with Gasteiger partial charge < -0.3 is 5.32 Å². The van der Waals surface area contributed by atoms with Crippen LogP contribution in [0.25, 0.3) is 0 Å². The third-order valence-electron chi connectivity index (χ3n) is 3.26. The summed E-state index contributed by atoms with van der Waals surface area (Å²) in [5.41, 5.74) is 0. The number of nitrogens with zero attached hydrogens (tertiary/aromatic N) is 1. The largest absolute Gasteiger partial charge is 0.352 e. The summed E-state index contributed by atoms with van der Waals surface area (Å²) >= 11 is 0. The van der Waals surface area contributed by atoms with E-state index in [9.17, 15) is 4.79 Å². The fraction of sp³-hybridized carbons (Fsp3) is 0.833. The molecule has 0 saturated heterocycles. The van der Waals surface area contributed by atoms with Gasteiger partial charge in [-0.25, -0.2) is 0 Å². The van der Waals surface area contributed by atoms with Gasteiger partial charge in [-0.3, -0.25) is 4.79 Å². The van der Waals surface area contributed by atoms with E-state index in [0.717, 1.165) is 18.8 Å². The fourth-order valence-corrected chi connectivity index (χ4v) is 2.31. The standard InChI is InChI=1S/C12H20N2O/c1-9(2)10-4-3-5-11(8-10)14-12(15)6-7-13/h9-11H,3-6,8H2,1-2H3,(H,14,15). The van der Waals surface area contributed by atoms with Gasteiger partial charge in [-0.2, -0.15) is 5.26 Å². The zero-order chi connectivity index (χ0) is 11.3. The van der Waals surface area contributed by atoms with Gasteiger partial charge in [0, 0.05) is 6.04 Å². The third-order valence-corrected chi connectivity index (χ3v) is 3.26. The zero-order valence-electron chi connectivity index (χ0n) is 9.62. The summed E-state index contributed by atoms with van der Waals surface area (Å²) in [6.07, 6.45) is 4.61. The highest BCUT2D eigenvalue weighted by Gasteiger charge is 2.24. The number of hydrogen-bond acceptors (Lipinski definition) is 2. The molecule has 84 valence electrons. The molecule has 2 unspecified atom stereocenters. The molecule has 1 aliphatic carbocycles. The number of amides is 1. The molecule has 1 saturated carbocycles. The number of carbonyl (C=O) groups excluding carboxylic acids is 1. The monoisotopic (exact) mass is 208 g/mol. The van der Waals surface area contributed by atoms with Gasteiger partial charge in [0.25, 0.3) is 0 Å². The molecule has 0 aromatic rings. The van der Waals surface area contributed by atoms with Gasteiger partial charge in [0.1, 0.15) is 6.42 Å². The lowest BCUT2D eigenvalue weighted by atomic mass is 9.79. The maximum absolute atomic E-state index is 11.3. The van der Waals surface area contributed by atoms with Crippen molar-refractivity contribution in [2.24, 2.45) is 11.8 Å². The van der Waals surface area contributed by atoms with Gasteiger partial charge >= 0.3 is 0 Å². The van der Waals surface area contributed by atoms with Crippen LogP contribution in [0.2, 0.25) is 0 Å². The lowest BCUT2D eigenvalue weighted by molar-refractivity contribution is -0.121. The van der Waals surface area contributed by atoms with E-state index in [2.05, 4.69) is 19.2 Å². The van der Waals surface area contributed by atoms with E-state index in [-0.39, 0.29) is 12.3 Å². The summed E-state index contributed by atoms with van der Waals surface area (Å²) in [4.78, 5) is 11.3. The van der Waals surface area contributed by atoms with Crippen molar-refractivity contribution in [3.05, 3.63) is 0 Å². The van der Waals surface area contributed by atoms with Crippen LogP contribution in [0.4, 0.5) is 0 Å². The molecule has 1 rings (SSSR count). The highest BCUT2D eigenvalue weighted by molar-refractivity contribution is 5.78. The van der Waals surface area contributed by atoms with Crippen LogP contribution in [0.5, 0.6) is 0 Å². The molecule has 0 aromatic heterocycles. The SMILES string of the molecule is CC(C)C1CCCC(NC(=O)CC#N)C1. The Morgan fingerprint density at radius 3 is 2.87 bits per heavy atom. The number of hydrogen-bond donors (Lipinski definition) is 1. The van der Waals surface area contributed by atoms with Crippen LogP contribution in [0.3, 0.4) is 0 Å². The molecule has 0 spiro atoms. The minimum Gasteiger partial charge on any atom is -0.352 e. The first-order chi connectivity index (χ1) is 7.13. The summed E-state index contributed by atoms with van der Waals surface area (Å²) in [5.74, 6) is 1.30. The number of nitriles is 1. The normalized spacial score (nSPS) is 26.0. The molecule has 3 nitrogen and oxygen atoms in total. The predicted octanol–water partition coefficient (Wildman–Crippen LogP) is 2.23. The van der Waals surface area contributed by atoms with Crippen molar-refractivity contribution in [1.29, 1.82) is 5.26 Å². The smallest absolute Gasteiger partial charge is 0.234 e. The summed E-state index contributed by atoms with van der Waals surface area (Å²) in [6, 6.07) is 2.18. The van der Waals surface area contributed by atoms with Crippen molar-refractivity contribution in [2.45, 2.75) is 52.0 Å². The lowest BCUT2D eigenvalue weighted by Gasteiger charge is -2.31. The Bertz CT molecular complexity index is 255. The quantitative estimate of drug-likeness (QED) is 0.773. The third kappa shape index (κ3) is 3.91. The van der Waals surface area contributed by atoms with Gasteiger partial charge in [0.2, 0.25) is 5.91 Å². The first kappa shape index (κ1) is 12.0. The van der Waals surface area contributed by atoms with Crippen molar-refractivity contribution in [3.8, 4) is 6.07 Å². The van der Waals surface area contributed by atoms with Crippen LogP contribution in [0.1, 0.15) is 46.0 Å². The Kier molecular flexibility index (Phi) is 4.61. The van der Waals surface area contributed by atoms with Gasteiger partial charge in [-0.05, 0) is 24.7 Å². The first-order valence-corrected chi connectivity index (χ1v) is 5.79. The van der Waals surface area contributed by atoms with Crippen LogP contribution in [-0.2, 0) is 4.79 Å². The van der Waals surface area contributed by atoms with E-state index in [4.69, 9.17) is 5.26 Å². The molecular weight excluding hydrogens is 188 g/mol. The molecule has 15 heavy (non-hydrogen) atoms. The van der Waals surface area contributed by atoms with Gasteiger partial charge in [0.05, 0.1) is 6.07 Å². The molecule has 2 atom stereocenters. The van der Waals surface area contributed by atoms with E-state index >= 15 is 0 Å². The molecule has 1 fully saturated rings. The molecule has 3 heteroatoms. The molecule has 1 amide bonds. The van der Waals surface area contributed by atoms with Crippen molar-refractivity contribution in [3.63, 3.8) is 0 Å². The average Bonchev–Trinajstić information content (AvgIpc) is 2.18. The van der Waals surface area contributed by atoms with Crippen LogP contribution in [-0.4, -0.2) is 11.9 Å². The summed E-state index contributed by atoms with van der Waals surface area (Å²) in [5, 5.41) is 11.3. The summed E-state index contributed by atoms with van der Waals surface area (Å²) in [6.45, 7) is 4.48. The van der Waals surface area contributed by atoms with Crippen molar-refractivity contribution in [2.75, 3.05) is 0 Å². The summed E-state index contributed by atoms with van der Waals surface area (Å²) < 4.78 is 0. The predicted molar refractivity (Wildman–Crippen MR) is 59.0 cm³/mol. The Hall–Kier alpha value is -1.04. The fourth-order valence-electron chi connectivity index (χ4n) is 2.31. The van der Waals surface area contributed by atoms with Crippen molar-refractivity contribution >= 4 is 5.91 Å². The molecule has 0 aromatic carbocycles. The molecule has 0 heterocycles. The number of carbonyl (C=O) groups is 1. The molecule has 1 N–H and O–H groups in total. The second-order valence-electron chi connectivity index (χ2n) is 4.77. The Balaban J connectivity index is 2.37. The van der Waals surface area contributed by atoms with Crippen LogP contribution in [0, 0.1) is 23.2 Å². The summed E-state index contributed by atoms with van der Waals surface area (Å²) in [7, 11) is 0. The maximum atomic E-state index is 11.3.